The Bertz CT molecular complexity index is 843. The van der Waals surface area contributed by atoms with E-state index in [1.807, 2.05) is 0 Å². The highest BCUT2D eigenvalue weighted by Gasteiger charge is 2.00. The summed E-state index contributed by atoms with van der Waals surface area (Å²) in [7, 11) is 0. The highest BCUT2D eigenvalue weighted by molar-refractivity contribution is 5.81. The van der Waals surface area contributed by atoms with Gasteiger partial charge in [0.2, 0.25) is 0 Å². The normalized spacial score (nSPS) is 11.3. The summed E-state index contributed by atoms with van der Waals surface area (Å²) in [5.74, 6) is 0. The van der Waals surface area contributed by atoms with Gasteiger partial charge in [-0.05, 0) is 62.7 Å². The molecule has 0 saturated heterocycles. The lowest BCUT2D eigenvalue weighted by Crippen LogP contribution is -2.21. The summed E-state index contributed by atoms with van der Waals surface area (Å²) in [6.45, 7) is 8.54. The van der Waals surface area contributed by atoms with Crippen LogP contribution in [0.4, 0.5) is 5.69 Å². The summed E-state index contributed by atoms with van der Waals surface area (Å²) in [6, 6.07) is 19.3. The molecule has 0 bridgehead atoms. The monoisotopic (exact) mass is 316 g/mol. The zero-order chi connectivity index (χ0) is 16.9. The van der Waals surface area contributed by atoms with Gasteiger partial charge in [-0.25, -0.2) is 4.98 Å². The minimum atomic E-state index is 0.985. The second-order valence-corrected chi connectivity index (χ2v) is 6.03. The molecule has 3 aromatic rings. The van der Waals surface area contributed by atoms with Crippen LogP contribution >= 0.6 is 0 Å². The summed E-state index contributed by atoms with van der Waals surface area (Å²) < 4.78 is 0. The Morgan fingerprint density at radius 2 is 1.62 bits per heavy atom. The van der Waals surface area contributed by atoms with E-state index in [4.69, 9.17) is 4.98 Å². The summed E-state index contributed by atoms with van der Waals surface area (Å²) in [5, 5.41) is 1.19. The molecule has 0 aliphatic heterocycles. The van der Waals surface area contributed by atoms with Gasteiger partial charge in [0.05, 0.1) is 11.2 Å². The molecule has 0 N–H and O–H groups in total. The number of hydrogen-bond donors (Lipinski definition) is 0. The fourth-order valence-corrected chi connectivity index (χ4v) is 2.92. The molecule has 0 spiro atoms. The molecule has 2 heteroatoms. The molecular formula is C22H24N2. The number of aromatic nitrogens is 1. The Hall–Kier alpha value is -2.61. The van der Waals surface area contributed by atoms with Gasteiger partial charge in [-0.1, -0.05) is 35.9 Å². The first-order valence-electron chi connectivity index (χ1n) is 8.60. The molecule has 0 radical (unpaired) electrons. The summed E-state index contributed by atoms with van der Waals surface area (Å²) in [5.41, 5.74) is 5.76. The first kappa shape index (κ1) is 16.3. The van der Waals surface area contributed by atoms with Crippen LogP contribution in [-0.2, 0) is 0 Å². The standard InChI is InChI=1S/C22H24N2/c1-4-24(5-2)21-13-8-18(9-14-21)7-11-20-12-10-19-16-17(3)6-15-22(19)23-20/h6-16H,4-5H2,1-3H3/b11-7+. The minimum Gasteiger partial charge on any atom is -0.372 e. The number of aryl methyl sites for hydroxylation is 1. The number of fused-ring (bicyclic) bond motifs is 1. The Morgan fingerprint density at radius 3 is 2.33 bits per heavy atom. The first-order chi connectivity index (χ1) is 11.7. The van der Waals surface area contributed by atoms with E-state index < -0.39 is 0 Å². The maximum absolute atomic E-state index is 4.71. The third-order valence-electron chi connectivity index (χ3n) is 4.33. The van der Waals surface area contributed by atoms with Crippen LogP contribution in [0.15, 0.2) is 54.6 Å². The summed E-state index contributed by atoms with van der Waals surface area (Å²) >= 11 is 0. The van der Waals surface area contributed by atoms with Crippen LogP contribution in [0, 0.1) is 6.92 Å². The van der Waals surface area contributed by atoms with Crippen molar-refractivity contribution in [1.29, 1.82) is 0 Å². The number of anilines is 1. The van der Waals surface area contributed by atoms with Crippen molar-refractivity contribution in [2.24, 2.45) is 0 Å². The van der Waals surface area contributed by atoms with Gasteiger partial charge in [0.1, 0.15) is 0 Å². The quantitative estimate of drug-likeness (QED) is 0.612. The van der Waals surface area contributed by atoms with Crippen LogP contribution < -0.4 is 4.90 Å². The molecule has 1 heterocycles. The maximum atomic E-state index is 4.71. The lowest BCUT2D eigenvalue weighted by molar-refractivity contribution is 0.866. The van der Waals surface area contributed by atoms with Crippen molar-refractivity contribution >= 4 is 28.7 Å². The predicted molar refractivity (Wildman–Crippen MR) is 105 cm³/mol. The SMILES string of the molecule is CCN(CC)c1ccc(/C=C/c2ccc3cc(C)ccc3n2)cc1. The van der Waals surface area contributed by atoms with Crippen molar-refractivity contribution in [3.05, 3.63) is 71.4 Å². The Kier molecular flexibility index (Phi) is 4.95. The lowest BCUT2D eigenvalue weighted by Gasteiger charge is -2.20. The Morgan fingerprint density at radius 1 is 0.875 bits per heavy atom. The molecule has 0 unspecified atom stereocenters. The third-order valence-corrected chi connectivity index (χ3v) is 4.33. The zero-order valence-electron chi connectivity index (χ0n) is 14.7. The number of hydrogen-bond acceptors (Lipinski definition) is 2. The third kappa shape index (κ3) is 3.65. The molecule has 1 aromatic heterocycles. The van der Waals surface area contributed by atoms with Crippen LogP contribution in [0.25, 0.3) is 23.1 Å². The molecule has 0 aliphatic rings. The van der Waals surface area contributed by atoms with E-state index >= 15 is 0 Å². The van der Waals surface area contributed by atoms with E-state index in [1.54, 1.807) is 0 Å². The van der Waals surface area contributed by atoms with Gasteiger partial charge in [0, 0.05) is 24.2 Å². The van der Waals surface area contributed by atoms with Crippen LogP contribution in [0.3, 0.4) is 0 Å². The number of rotatable bonds is 5. The average molecular weight is 316 g/mol. The predicted octanol–water partition coefficient (Wildman–Crippen LogP) is 5.56. The van der Waals surface area contributed by atoms with Crippen LogP contribution in [-0.4, -0.2) is 18.1 Å². The van der Waals surface area contributed by atoms with Crippen molar-refractivity contribution in [1.82, 2.24) is 4.98 Å². The molecule has 2 aromatic carbocycles. The molecule has 3 rings (SSSR count). The zero-order valence-corrected chi connectivity index (χ0v) is 14.7. The van der Waals surface area contributed by atoms with Crippen molar-refractivity contribution in [2.45, 2.75) is 20.8 Å². The van der Waals surface area contributed by atoms with E-state index in [-0.39, 0.29) is 0 Å². The molecule has 0 fully saturated rings. The minimum absolute atomic E-state index is 0.985. The molecule has 122 valence electrons. The number of benzene rings is 2. The Labute approximate surface area is 144 Å². The van der Waals surface area contributed by atoms with Crippen molar-refractivity contribution < 1.29 is 0 Å². The van der Waals surface area contributed by atoms with E-state index in [2.05, 4.69) is 92.4 Å². The van der Waals surface area contributed by atoms with Gasteiger partial charge < -0.3 is 4.90 Å². The highest BCUT2D eigenvalue weighted by Crippen LogP contribution is 2.18. The number of pyridine rings is 1. The molecule has 0 saturated carbocycles. The largest absolute Gasteiger partial charge is 0.372 e. The van der Waals surface area contributed by atoms with Crippen LogP contribution in [0.5, 0.6) is 0 Å². The van der Waals surface area contributed by atoms with E-state index in [0.717, 1.165) is 24.3 Å². The Balaban J connectivity index is 1.79. The van der Waals surface area contributed by atoms with Crippen molar-refractivity contribution in [3.8, 4) is 0 Å². The van der Waals surface area contributed by atoms with Crippen LogP contribution in [0.1, 0.15) is 30.7 Å². The van der Waals surface area contributed by atoms with Gasteiger partial charge in [-0.2, -0.15) is 0 Å². The molecule has 0 aliphatic carbocycles. The van der Waals surface area contributed by atoms with Gasteiger partial charge in [-0.3, -0.25) is 0 Å². The molecule has 0 atom stereocenters. The molecular weight excluding hydrogens is 292 g/mol. The van der Waals surface area contributed by atoms with Crippen LogP contribution in [0.2, 0.25) is 0 Å². The van der Waals surface area contributed by atoms with Gasteiger partial charge >= 0.3 is 0 Å². The smallest absolute Gasteiger partial charge is 0.0709 e. The molecule has 24 heavy (non-hydrogen) atoms. The van der Waals surface area contributed by atoms with Crippen molar-refractivity contribution in [2.75, 3.05) is 18.0 Å². The van der Waals surface area contributed by atoms with Gasteiger partial charge in [-0.15, -0.1) is 0 Å². The summed E-state index contributed by atoms with van der Waals surface area (Å²) in [4.78, 5) is 7.06. The van der Waals surface area contributed by atoms with Crippen molar-refractivity contribution in [3.63, 3.8) is 0 Å². The first-order valence-corrected chi connectivity index (χ1v) is 8.60. The van der Waals surface area contributed by atoms with E-state index in [9.17, 15) is 0 Å². The average Bonchev–Trinajstić information content (AvgIpc) is 2.62. The summed E-state index contributed by atoms with van der Waals surface area (Å²) in [6.07, 6.45) is 4.19. The number of nitrogens with zero attached hydrogens (tertiary/aromatic N) is 2. The van der Waals surface area contributed by atoms with E-state index in [1.165, 1.54) is 22.2 Å². The second kappa shape index (κ2) is 7.31. The highest BCUT2D eigenvalue weighted by atomic mass is 15.1. The molecule has 2 nitrogen and oxygen atoms in total. The molecule has 0 amide bonds. The van der Waals surface area contributed by atoms with Gasteiger partial charge in [0.15, 0.2) is 0 Å². The van der Waals surface area contributed by atoms with Gasteiger partial charge in [0.25, 0.3) is 0 Å². The van der Waals surface area contributed by atoms with E-state index in [0.29, 0.717) is 0 Å². The fourth-order valence-electron chi connectivity index (χ4n) is 2.92. The lowest BCUT2D eigenvalue weighted by atomic mass is 10.1. The fraction of sp³-hybridized carbons (Fsp3) is 0.227. The topological polar surface area (TPSA) is 16.1 Å². The maximum Gasteiger partial charge on any atom is 0.0709 e. The second-order valence-electron chi connectivity index (χ2n) is 6.03.